The number of aromatic nitrogens is 5. The van der Waals surface area contributed by atoms with E-state index in [0.717, 1.165) is 5.01 Å². The first-order chi connectivity index (χ1) is 11.6. The molecule has 1 aliphatic rings. The van der Waals surface area contributed by atoms with Crippen molar-refractivity contribution in [1.82, 2.24) is 30.3 Å². The van der Waals surface area contributed by atoms with Crippen LogP contribution in [0.25, 0.3) is 0 Å². The maximum Gasteiger partial charge on any atom is 0.321 e. The van der Waals surface area contributed by atoms with Crippen molar-refractivity contribution >= 4 is 22.5 Å². The molecule has 0 aromatic carbocycles. The van der Waals surface area contributed by atoms with Crippen molar-refractivity contribution in [1.29, 1.82) is 0 Å². The summed E-state index contributed by atoms with van der Waals surface area (Å²) in [4.78, 5) is 16.1. The molecule has 1 fully saturated rings. The highest BCUT2D eigenvalue weighted by Gasteiger charge is 2.21. The van der Waals surface area contributed by atoms with Gasteiger partial charge in [-0.25, -0.2) is 14.5 Å². The fourth-order valence-electron chi connectivity index (χ4n) is 2.92. The van der Waals surface area contributed by atoms with Gasteiger partial charge in [0, 0.05) is 12.0 Å². The molecule has 9 heteroatoms. The molecule has 130 valence electrons. The van der Waals surface area contributed by atoms with Crippen LogP contribution in [-0.4, -0.2) is 37.0 Å². The molecule has 2 unspecified atom stereocenters. The van der Waals surface area contributed by atoms with Crippen molar-refractivity contribution in [3.05, 3.63) is 17.7 Å². The van der Waals surface area contributed by atoms with Crippen LogP contribution in [0.15, 0.2) is 12.7 Å². The second-order valence-corrected chi connectivity index (χ2v) is 7.29. The van der Waals surface area contributed by atoms with E-state index in [0.29, 0.717) is 11.0 Å². The third-order valence-electron chi connectivity index (χ3n) is 4.55. The first kappa shape index (κ1) is 16.8. The summed E-state index contributed by atoms with van der Waals surface area (Å²) in [6.45, 7) is 3.91. The molecule has 3 rings (SSSR count). The van der Waals surface area contributed by atoms with Crippen LogP contribution >= 0.6 is 11.3 Å². The van der Waals surface area contributed by atoms with Gasteiger partial charge in [-0.05, 0) is 26.7 Å². The lowest BCUT2D eigenvalue weighted by Crippen LogP contribution is -2.40. The molecule has 0 radical (unpaired) electrons. The smallest absolute Gasteiger partial charge is 0.321 e. The monoisotopic (exact) mass is 349 g/mol. The van der Waals surface area contributed by atoms with Gasteiger partial charge in [0.05, 0.1) is 6.04 Å². The summed E-state index contributed by atoms with van der Waals surface area (Å²) in [7, 11) is 0. The second-order valence-electron chi connectivity index (χ2n) is 6.28. The molecular weight excluding hydrogens is 326 g/mol. The number of urea groups is 1. The zero-order valence-corrected chi connectivity index (χ0v) is 14.8. The van der Waals surface area contributed by atoms with Crippen LogP contribution in [0.2, 0.25) is 0 Å². The summed E-state index contributed by atoms with van der Waals surface area (Å²) in [6, 6.07) is -0.372. The quantitative estimate of drug-likeness (QED) is 0.865. The van der Waals surface area contributed by atoms with Crippen LogP contribution in [-0.2, 0) is 0 Å². The van der Waals surface area contributed by atoms with Crippen LogP contribution in [0.5, 0.6) is 0 Å². The van der Waals surface area contributed by atoms with E-state index in [2.05, 4.69) is 30.9 Å². The highest BCUT2D eigenvalue weighted by Crippen LogP contribution is 2.35. The third-order valence-corrected chi connectivity index (χ3v) is 5.55. The second kappa shape index (κ2) is 7.69. The maximum atomic E-state index is 12.2. The third kappa shape index (κ3) is 4.08. The lowest BCUT2D eigenvalue weighted by Gasteiger charge is -2.21. The number of nitrogens with zero attached hydrogens (tertiary/aromatic N) is 5. The van der Waals surface area contributed by atoms with Crippen molar-refractivity contribution in [2.24, 2.45) is 0 Å². The largest absolute Gasteiger partial charge is 0.333 e. The molecule has 1 saturated carbocycles. The number of hydrogen-bond acceptors (Lipinski definition) is 6. The summed E-state index contributed by atoms with van der Waals surface area (Å²) in [5, 5.41) is 19.7. The van der Waals surface area contributed by atoms with Crippen molar-refractivity contribution in [3.63, 3.8) is 0 Å². The maximum absolute atomic E-state index is 12.2. The normalized spacial score (nSPS) is 18.1. The number of hydrogen-bond donors (Lipinski definition) is 2. The van der Waals surface area contributed by atoms with E-state index < -0.39 is 0 Å². The highest BCUT2D eigenvalue weighted by atomic mass is 32.1. The number of carbonyl (C=O) groups is 1. The van der Waals surface area contributed by atoms with Crippen molar-refractivity contribution in [3.8, 4) is 0 Å². The van der Waals surface area contributed by atoms with Crippen molar-refractivity contribution < 1.29 is 4.79 Å². The van der Waals surface area contributed by atoms with Gasteiger partial charge in [-0.15, -0.1) is 10.2 Å². The van der Waals surface area contributed by atoms with E-state index in [-0.39, 0.29) is 18.1 Å². The standard InChI is InChI=1S/C15H23N7OS/c1-10(11(2)22-9-16-8-17-22)18-14(23)19-15-21-20-13(24-15)12-6-4-3-5-7-12/h8-12H,3-7H2,1-2H3,(H2,18,19,21,23). The minimum Gasteiger partial charge on any atom is -0.333 e. The Morgan fingerprint density at radius 3 is 2.79 bits per heavy atom. The Morgan fingerprint density at radius 1 is 1.29 bits per heavy atom. The van der Waals surface area contributed by atoms with E-state index in [1.54, 1.807) is 11.0 Å². The molecular formula is C15H23N7OS. The molecule has 2 aromatic heterocycles. The van der Waals surface area contributed by atoms with Gasteiger partial charge in [0.2, 0.25) is 5.13 Å². The zero-order chi connectivity index (χ0) is 16.9. The predicted octanol–water partition coefficient (Wildman–Crippen LogP) is 2.95. The highest BCUT2D eigenvalue weighted by molar-refractivity contribution is 7.15. The molecule has 24 heavy (non-hydrogen) atoms. The topological polar surface area (TPSA) is 97.6 Å². The Kier molecular flexibility index (Phi) is 5.39. The van der Waals surface area contributed by atoms with Crippen LogP contribution in [0.1, 0.15) is 62.9 Å². The average molecular weight is 349 g/mol. The molecule has 0 aliphatic heterocycles. The minimum atomic E-state index is -0.277. The molecule has 1 aliphatic carbocycles. The molecule has 0 spiro atoms. The molecule has 2 N–H and O–H groups in total. The van der Waals surface area contributed by atoms with Gasteiger partial charge in [-0.3, -0.25) is 5.32 Å². The molecule has 2 heterocycles. The molecule has 0 saturated heterocycles. The van der Waals surface area contributed by atoms with E-state index >= 15 is 0 Å². The number of rotatable bonds is 5. The van der Waals surface area contributed by atoms with Gasteiger partial charge in [-0.1, -0.05) is 30.6 Å². The minimum absolute atomic E-state index is 0.00506. The SMILES string of the molecule is CC(NC(=O)Nc1nnc(C2CCCCC2)s1)C(C)n1cncn1. The van der Waals surface area contributed by atoms with E-state index in [1.807, 2.05) is 13.8 Å². The van der Waals surface area contributed by atoms with Gasteiger partial charge in [0.15, 0.2) is 0 Å². The molecule has 2 aromatic rings. The number of carbonyl (C=O) groups excluding carboxylic acids is 1. The first-order valence-corrected chi connectivity index (χ1v) is 9.20. The summed E-state index contributed by atoms with van der Waals surface area (Å²) >= 11 is 1.48. The average Bonchev–Trinajstić information content (AvgIpc) is 3.26. The summed E-state index contributed by atoms with van der Waals surface area (Å²) in [5.74, 6) is 0.501. The van der Waals surface area contributed by atoms with Gasteiger partial charge >= 0.3 is 6.03 Å². The van der Waals surface area contributed by atoms with Gasteiger partial charge < -0.3 is 5.32 Å². The van der Waals surface area contributed by atoms with Crippen LogP contribution < -0.4 is 10.6 Å². The Balaban J connectivity index is 1.52. The summed E-state index contributed by atoms with van der Waals surface area (Å²) in [5.41, 5.74) is 0. The van der Waals surface area contributed by atoms with Crippen molar-refractivity contribution in [2.75, 3.05) is 5.32 Å². The molecule has 2 amide bonds. The lowest BCUT2D eigenvalue weighted by atomic mass is 9.90. The lowest BCUT2D eigenvalue weighted by molar-refractivity contribution is 0.244. The number of anilines is 1. The zero-order valence-electron chi connectivity index (χ0n) is 14.0. The molecule has 2 atom stereocenters. The van der Waals surface area contributed by atoms with Crippen LogP contribution in [0.4, 0.5) is 9.93 Å². The van der Waals surface area contributed by atoms with Gasteiger partial charge in [-0.2, -0.15) is 5.10 Å². The molecule has 0 bridgehead atoms. The van der Waals surface area contributed by atoms with E-state index in [4.69, 9.17) is 0 Å². The first-order valence-electron chi connectivity index (χ1n) is 8.38. The fourth-order valence-corrected chi connectivity index (χ4v) is 3.82. The van der Waals surface area contributed by atoms with E-state index in [1.165, 1.54) is 49.8 Å². The van der Waals surface area contributed by atoms with Crippen LogP contribution in [0.3, 0.4) is 0 Å². The Morgan fingerprint density at radius 2 is 2.08 bits per heavy atom. The van der Waals surface area contributed by atoms with Gasteiger partial charge in [0.1, 0.15) is 17.7 Å². The number of nitrogens with one attached hydrogen (secondary N) is 2. The van der Waals surface area contributed by atoms with Crippen molar-refractivity contribution in [2.45, 2.75) is 64.0 Å². The Labute approximate surface area is 145 Å². The number of amides is 2. The van der Waals surface area contributed by atoms with Gasteiger partial charge in [0.25, 0.3) is 0 Å². The molecule has 8 nitrogen and oxygen atoms in total. The van der Waals surface area contributed by atoms with Crippen LogP contribution in [0, 0.1) is 0 Å². The fraction of sp³-hybridized carbons (Fsp3) is 0.667. The summed E-state index contributed by atoms with van der Waals surface area (Å²) in [6.07, 6.45) is 9.29. The Hall–Kier alpha value is -2.03. The Bertz CT molecular complexity index is 651. The van der Waals surface area contributed by atoms with E-state index in [9.17, 15) is 4.79 Å². The predicted molar refractivity (Wildman–Crippen MR) is 92.1 cm³/mol. The summed E-state index contributed by atoms with van der Waals surface area (Å²) < 4.78 is 1.72.